The van der Waals surface area contributed by atoms with Gasteiger partial charge in [-0.2, -0.15) is 11.8 Å². The summed E-state index contributed by atoms with van der Waals surface area (Å²) < 4.78 is 26.0. The molecule has 0 aliphatic carbocycles. The molecule has 1 saturated heterocycles. The Morgan fingerprint density at radius 3 is 2.43 bits per heavy atom. The fourth-order valence-corrected chi connectivity index (χ4v) is 4.32. The van der Waals surface area contributed by atoms with E-state index in [1.807, 2.05) is 0 Å². The van der Waals surface area contributed by atoms with Crippen LogP contribution in [-0.4, -0.2) is 68.7 Å². The molecule has 8 heteroatoms. The molecule has 0 aromatic rings. The molecule has 1 heterocycles. The summed E-state index contributed by atoms with van der Waals surface area (Å²) in [5, 5.41) is 6.34. The van der Waals surface area contributed by atoms with E-state index in [1.165, 1.54) is 0 Å². The lowest BCUT2D eigenvalue weighted by Gasteiger charge is -2.26. The Balaban J connectivity index is 2.40. The van der Waals surface area contributed by atoms with Crippen molar-refractivity contribution in [2.24, 2.45) is 10.9 Å². The quantitative estimate of drug-likeness (QED) is 0.548. The summed E-state index contributed by atoms with van der Waals surface area (Å²) in [5.41, 5.74) is 0. The fourth-order valence-electron chi connectivity index (χ4n) is 1.83. The number of nitrogens with zero attached hydrogens (tertiary/aromatic N) is 2. The number of hydrogen-bond donors (Lipinski definition) is 2. The van der Waals surface area contributed by atoms with Crippen LogP contribution in [0.4, 0.5) is 0 Å². The number of nitrogens with one attached hydrogen (secondary N) is 2. The van der Waals surface area contributed by atoms with E-state index >= 15 is 0 Å². The lowest BCUT2D eigenvalue weighted by molar-refractivity contribution is 0.443. The van der Waals surface area contributed by atoms with Crippen LogP contribution in [0.15, 0.2) is 4.99 Å². The highest BCUT2D eigenvalue weighted by molar-refractivity contribution is 7.99. The van der Waals surface area contributed by atoms with E-state index in [0.717, 1.165) is 11.5 Å². The van der Waals surface area contributed by atoms with Crippen LogP contribution in [0.3, 0.4) is 0 Å². The van der Waals surface area contributed by atoms with Crippen LogP contribution in [0.1, 0.15) is 20.8 Å². The maximum absolute atomic E-state index is 12.2. The van der Waals surface area contributed by atoms with Crippen molar-refractivity contribution in [3.8, 4) is 0 Å². The van der Waals surface area contributed by atoms with Gasteiger partial charge < -0.3 is 10.6 Å². The number of aliphatic imine (C=N–C) groups is 1. The fraction of sp³-hybridized carbons (Fsp3) is 0.923. The van der Waals surface area contributed by atoms with Gasteiger partial charge in [-0.15, -0.1) is 0 Å². The van der Waals surface area contributed by atoms with Crippen molar-refractivity contribution in [3.63, 3.8) is 0 Å². The van der Waals surface area contributed by atoms with Crippen molar-refractivity contribution in [1.29, 1.82) is 0 Å². The van der Waals surface area contributed by atoms with E-state index in [9.17, 15) is 8.42 Å². The highest BCUT2D eigenvalue weighted by atomic mass is 32.2. The largest absolute Gasteiger partial charge is 0.355 e. The van der Waals surface area contributed by atoms with Crippen LogP contribution in [0, 0.1) is 5.92 Å². The van der Waals surface area contributed by atoms with Crippen molar-refractivity contribution in [2.45, 2.75) is 26.8 Å². The van der Waals surface area contributed by atoms with Crippen LogP contribution in [0.5, 0.6) is 0 Å². The van der Waals surface area contributed by atoms with E-state index in [-0.39, 0.29) is 11.8 Å². The molecule has 0 aromatic heterocycles. The summed E-state index contributed by atoms with van der Waals surface area (Å²) in [6.07, 6.45) is 0. The van der Waals surface area contributed by atoms with Crippen molar-refractivity contribution in [1.82, 2.24) is 14.9 Å². The van der Waals surface area contributed by atoms with Crippen molar-refractivity contribution < 1.29 is 8.42 Å². The second-order valence-electron chi connectivity index (χ2n) is 5.50. The molecule has 0 saturated carbocycles. The number of hydrogen-bond acceptors (Lipinski definition) is 4. The summed E-state index contributed by atoms with van der Waals surface area (Å²) in [4.78, 5) is 4.13. The van der Waals surface area contributed by atoms with Gasteiger partial charge in [-0.3, -0.25) is 4.99 Å². The molecule has 124 valence electrons. The van der Waals surface area contributed by atoms with E-state index in [4.69, 9.17) is 0 Å². The third-order valence-corrected chi connectivity index (χ3v) is 6.42. The van der Waals surface area contributed by atoms with Gasteiger partial charge in [0.1, 0.15) is 0 Å². The minimum absolute atomic E-state index is 0.106. The molecular formula is C13H28N4O2S2. The lowest BCUT2D eigenvalue weighted by atomic mass is 10.1. The van der Waals surface area contributed by atoms with Gasteiger partial charge in [0, 0.05) is 44.2 Å². The summed E-state index contributed by atoms with van der Waals surface area (Å²) in [7, 11) is -1.46. The lowest BCUT2D eigenvalue weighted by Crippen LogP contribution is -2.47. The van der Waals surface area contributed by atoms with Gasteiger partial charge in [0.05, 0.1) is 5.75 Å². The average molecular weight is 337 g/mol. The summed E-state index contributed by atoms with van der Waals surface area (Å²) in [5.74, 6) is 3.02. The summed E-state index contributed by atoms with van der Waals surface area (Å²) in [6.45, 7) is 7.97. The van der Waals surface area contributed by atoms with Crippen LogP contribution < -0.4 is 10.6 Å². The molecule has 1 atom stereocenters. The van der Waals surface area contributed by atoms with Crippen molar-refractivity contribution in [2.75, 3.05) is 43.9 Å². The second-order valence-corrected chi connectivity index (χ2v) is 8.82. The predicted molar refractivity (Wildman–Crippen MR) is 91.5 cm³/mol. The number of guanidine groups is 1. The summed E-state index contributed by atoms with van der Waals surface area (Å²) >= 11 is 1.81. The summed E-state index contributed by atoms with van der Waals surface area (Å²) in [6, 6.07) is 0.284. The zero-order chi connectivity index (χ0) is 15.9. The van der Waals surface area contributed by atoms with Gasteiger partial charge in [-0.1, -0.05) is 13.8 Å². The Morgan fingerprint density at radius 1 is 1.29 bits per heavy atom. The van der Waals surface area contributed by atoms with Crippen molar-refractivity contribution in [3.05, 3.63) is 0 Å². The highest BCUT2D eigenvalue weighted by Crippen LogP contribution is 2.12. The molecule has 2 N–H and O–H groups in total. The molecule has 0 bridgehead atoms. The van der Waals surface area contributed by atoms with Gasteiger partial charge in [0.2, 0.25) is 10.0 Å². The monoisotopic (exact) mass is 336 g/mol. The van der Waals surface area contributed by atoms with Gasteiger partial charge in [-0.05, 0) is 12.8 Å². The van der Waals surface area contributed by atoms with Gasteiger partial charge in [-0.25, -0.2) is 12.7 Å². The molecule has 0 spiro atoms. The number of sulfonamides is 1. The molecule has 1 rings (SSSR count). The number of thioether (sulfide) groups is 1. The first-order valence-corrected chi connectivity index (χ1v) is 10.2. The van der Waals surface area contributed by atoms with Gasteiger partial charge in [0.25, 0.3) is 0 Å². The van der Waals surface area contributed by atoms with E-state index < -0.39 is 10.0 Å². The molecule has 0 radical (unpaired) electrons. The average Bonchev–Trinajstić information content (AvgIpc) is 2.46. The molecular weight excluding hydrogens is 308 g/mol. The molecule has 1 aliphatic heterocycles. The topological polar surface area (TPSA) is 73.8 Å². The van der Waals surface area contributed by atoms with E-state index in [1.54, 1.807) is 23.1 Å². The van der Waals surface area contributed by atoms with Gasteiger partial charge >= 0.3 is 0 Å². The zero-order valence-corrected chi connectivity index (χ0v) is 15.1. The molecule has 1 aliphatic rings. The molecule has 0 amide bonds. The third-order valence-electron chi connectivity index (χ3n) is 3.60. The van der Waals surface area contributed by atoms with Gasteiger partial charge in [0.15, 0.2) is 5.96 Å². The SMILES string of the molecule is CN=C(NCCS(=O)(=O)N1CCSCC1)NC(C)C(C)C. The first-order valence-electron chi connectivity index (χ1n) is 7.39. The third kappa shape index (κ3) is 6.44. The van der Waals surface area contributed by atoms with Crippen LogP contribution in [0.25, 0.3) is 0 Å². The van der Waals surface area contributed by atoms with E-state index in [0.29, 0.717) is 31.5 Å². The van der Waals surface area contributed by atoms with Crippen LogP contribution >= 0.6 is 11.8 Å². The Hall–Kier alpha value is -0.470. The van der Waals surface area contributed by atoms with Crippen molar-refractivity contribution >= 4 is 27.7 Å². The zero-order valence-electron chi connectivity index (χ0n) is 13.4. The maximum Gasteiger partial charge on any atom is 0.215 e. The minimum Gasteiger partial charge on any atom is -0.355 e. The van der Waals surface area contributed by atoms with E-state index in [2.05, 4.69) is 36.4 Å². The minimum atomic E-state index is -3.16. The second kappa shape index (κ2) is 8.85. The molecule has 0 aromatic carbocycles. The van der Waals surface area contributed by atoms with Crippen LogP contribution in [-0.2, 0) is 10.0 Å². The molecule has 1 fully saturated rings. The Kier molecular flexibility index (Phi) is 7.83. The predicted octanol–water partition coefficient (Wildman–Crippen LogP) is 0.575. The smallest absolute Gasteiger partial charge is 0.215 e. The highest BCUT2D eigenvalue weighted by Gasteiger charge is 2.23. The maximum atomic E-state index is 12.2. The normalized spacial score (nSPS) is 19.6. The standard InChI is InChI=1S/C13H28N4O2S2/c1-11(2)12(3)16-13(14-4)15-5-10-21(18,19)17-6-8-20-9-7-17/h11-12H,5-10H2,1-4H3,(H2,14,15,16). The Bertz CT molecular complexity index is 431. The molecule has 21 heavy (non-hydrogen) atoms. The first kappa shape index (κ1) is 18.6. The first-order chi connectivity index (χ1) is 9.86. The molecule has 6 nitrogen and oxygen atoms in total. The molecule has 1 unspecified atom stereocenters. The Morgan fingerprint density at radius 2 is 1.90 bits per heavy atom. The Labute approximate surface area is 133 Å². The van der Waals surface area contributed by atoms with Crippen LogP contribution in [0.2, 0.25) is 0 Å². The number of rotatable bonds is 6.